The van der Waals surface area contributed by atoms with Crippen LogP contribution in [0.5, 0.6) is 0 Å². The Morgan fingerprint density at radius 1 is 1.30 bits per heavy atom. The van der Waals surface area contributed by atoms with Crippen molar-refractivity contribution in [3.63, 3.8) is 0 Å². The van der Waals surface area contributed by atoms with Gasteiger partial charge in [-0.05, 0) is 52.9 Å². The molecule has 0 amide bonds. The van der Waals surface area contributed by atoms with Gasteiger partial charge in [-0.1, -0.05) is 29.9 Å². The molecule has 1 heterocycles. The zero-order chi connectivity index (χ0) is 20.2. The Bertz CT molecular complexity index is 656. The highest BCUT2D eigenvalue weighted by atomic mass is 16.6. The van der Waals surface area contributed by atoms with E-state index in [4.69, 9.17) is 9.47 Å². The van der Waals surface area contributed by atoms with Gasteiger partial charge in [0.25, 0.3) is 0 Å². The molecule has 1 aliphatic heterocycles. The third kappa shape index (κ3) is 5.80. The third-order valence-corrected chi connectivity index (χ3v) is 5.58. The molecule has 27 heavy (non-hydrogen) atoms. The summed E-state index contributed by atoms with van der Waals surface area (Å²) < 4.78 is 11.0. The average molecular weight is 376 g/mol. The van der Waals surface area contributed by atoms with Crippen LogP contribution in [-0.2, 0) is 19.1 Å². The molecule has 1 fully saturated rings. The summed E-state index contributed by atoms with van der Waals surface area (Å²) in [4.78, 5) is 23.7. The second kappa shape index (κ2) is 8.87. The van der Waals surface area contributed by atoms with Gasteiger partial charge in [0.1, 0.15) is 12.2 Å². The Labute approximate surface area is 162 Å². The average Bonchev–Trinajstić information content (AvgIpc) is 2.80. The van der Waals surface area contributed by atoms with Gasteiger partial charge in [-0.15, -0.1) is 0 Å². The zero-order valence-electron chi connectivity index (χ0n) is 16.9. The van der Waals surface area contributed by atoms with Crippen molar-refractivity contribution in [3.05, 3.63) is 35.5 Å². The summed E-state index contributed by atoms with van der Waals surface area (Å²) in [6, 6.07) is 0. The number of esters is 2. The highest BCUT2D eigenvalue weighted by Crippen LogP contribution is 2.37. The number of aliphatic hydroxyl groups is 1. The van der Waals surface area contributed by atoms with Crippen molar-refractivity contribution >= 4 is 11.9 Å². The SMILES string of the molecule is C=C1C(=O)O[C@@H]2C/C(C)=C/CC/C(C)=C/CC[C@@](C)(O)[C@H](OC(C)=O)C[C@H]12. The lowest BCUT2D eigenvalue weighted by Crippen LogP contribution is -2.44. The number of hydrogen-bond donors (Lipinski definition) is 1. The topological polar surface area (TPSA) is 72.8 Å². The van der Waals surface area contributed by atoms with E-state index in [0.29, 0.717) is 31.3 Å². The van der Waals surface area contributed by atoms with Gasteiger partial charge >= 0.3 is 11.9 Å². The van der Waals surface area contributed by atoms with Gasteiger partial charge in [0, 0.05) is 24.8 Å². The summed E-state index contributed by atoms with van der Waals surface area (Å²) in [6.07, 6.45) is 7.25. The Morgan fingerprint density at radius 3 is 2.63 bits per heavy atom. The van der Waals surface area contributed by atoms with Gasteiger partial charge in [0.15, 0.2) is 0 Å². The van der Waals surface area contributed by atoms with Crippen LogP contribution in [0.15, 0.2) is 35.5 Å². The van der Waals surface area contributed by atoms with Crippen LogP contribution in [-0.4, -0.2) is 34.9 Å². The van der Waals surface area contributed by atoms with Crippen LogP contribution in [0.1, 0.15) is 66.2 Å². The van der Waals surface area contributed by atoms with Crippen molar-refractivity contribution in [2.24, 2.45) is 5.92 Å². The van der Waals surface area contributed by atoms with E-state index < -0.39 is 23.6 Å². The lowest BCUT2D eigenvalue weighted by atomic mass is 9.81. The van der Waals surface area contributed by atoms with Crippen molar-refractivity contribution in [1.29, 1.82) is 0 Å². The molecule has 0 aromatic carbocycles. The maximum atomic E-state index is 12.1. The summed E-state index contributed by atoms with van der Waals surface area (Å²) in [6.45, 7) is 11.0. The number of ether oxygens (including phenoxy) is 2. The number of rotatable bonds is 1. The zero-order valence-corrected chi connectivity index (χ0v) is 16.9. The molecule has 1 N–H and O–H groups in total. The van der Waals surface area contributed by atoms with Gasteiger partial charge in [0.05, 0.1) is 5.60 Å². The van der Waals surface area contributed by atoms with E-state index in [1.165, 1.54) is 12.5 Å². The maximum Gasteiger partial charge on any atom is 0.334 e. The van der Waals surface area contributed by atoms with Crippen LogP contribution in [0.2, 0.25) is 0 Å². The fourth-order valence-electron chi connectivity index (χ4n) is 3.83. The minimum absolute atomic E-state index is 0.281. The number of carbonyl (C=O) groups excluding carboxylic acids is 2. The van der Waals surface area contributed by atoms with Crippen LogP contribution in [0.3, 0.4) is 0 Å². The van der Waals surface area contributed by atoms with Crippen LogP contribution in [0, 0.1) is 5.92 Å². The first-order valence-corrected chi connectivity index (χ1v) is 9.70. The van der Waals surface area contributed by atoms with Crippen LogP contribution in [0.4, 0.5) is 0 Å². The van der Waals surface area contributed by atoms with Gasteiger partial charge in [-0.25, -0.2) is 4.79 Å². The molecule has 0 spiro atoms. The first-order chi connectivity index (χ1) is 12.6. The number of carbonyl (C=O) groups is 2. The number of hydrogen-bond acceptors (Lipinski definition) is 5. The molecule has 1 aliphatic carbocycles. The Hall–Kier alpha value is -1.88. The van der Waals surface area contributed by atoms with Gasteiger partial charge in [-0.3, -0.25) is 4.79 Å². The molecular formula is C22H32O5. The lowest BCUT2D eigenvalue weighted by molar-refractivity contribution is -0.164. The summed E-state index contributed by atoms with van der Waals surface area (Å²) in [5.41, 5.74) is 1.62. The van der Waals surface area contributed by atoms with E-state index in [1.54, 1.807) is 6.92 Å². The highest BCUT2D eigenvalue weighted by molar-refractivity contribution is 5.90. The molecule has 0 aromatic heterocycles. The molecule has 2 aliphatic rings. The molecule has 1 saturated heterocycles. The van der Waals surface area contributed by atoms with Crippen LogP contribution < -0.4 is 0 Å². The van der Waals surface area contributed by atoms with Crippen molar-refractivity contribution in [3.8, 4) is 0 Å². The van der Waals surface area contributed by atoms with Crippen molar-refractivity contribution in [1.82, 2.24) is 0 Å². The number of fused-ring (bicyclic) bond motifs is 1. The maximum absolute atomic E-state index is 12.1. The van der Waals surface area contributed by atoms with Crippen LogP contribution in [0.25, 0.3) is 0 Å². The second-order valence-electron chi connectivity index (χ2n) is 8.15. The van der Waals surface area contributed by atoms with E-state index >= 15 is 0 Å². The van der Waals surface area contributed by atoms with Gasteiger partial charge < -0.3 is 14.6 Å². The molecule has 0 saturated carbocycles. The van der Waals surface area contributed by atoms with Crippen molar-refractivity contribution in [2.75, 3.05) is 0 Å². The van der Waals surface area contributed by atoms with Crippen molar-refractivity contribution in [2.45, 2.75) is 84.0 Å². The fourth-order valence-corrected chi connectivity index (χ4v) is 3.83. The molecule has 0 aromatic rings. The van der Waals surface area contributed by atoms with Crippen molar-refractivity contribution < 1.29 is 24.2 Å². The Morgan fingerprint density at radius 2 is 1.96 bits per heavy atom. The standard InChI is InChI=1S/C22H32O5/c1-14-8-6-9-15(2)12-19-18(16(3)21(24)27-19)13-20(26-17(4)23)22(5,25)11-7-10-14/h9-10,18-20,25H,3,6-8,11-13H2,1-2,4-5H3/b14-10+,15-9+/t18-,19-,20-,22-/m1/s1. The molecule has 0 radical (unpaired) electrons. The predicted octanol–water partition coefficient (Wildman–Crippen LogP) is 4.01. The van der Waals surface area contributed by atoms with E-state index in [2.05, 4.69) is 25.7 Å². The highest BCUT2D eigenvalue weighted by Gasteiger charge is 2.44. The monoisotopic (exact) mass is 376 g/mol. The molecule has 4 atom stereocenters. The lowest BCUT2D eigenvalue weighted by Gasteiger charge is -2.34. The minimum atomic E-state index is -1.20. The summed E-state index contributed by atoms with van der Waals surface area (Å²) in [7, 11) is 0. The summed E-state index contributed by atoms with van der Waals surface area (Å²) in [5, 5.41) is 11.0. The Balaban J connectivity index is 2.34. The third-order valence-electron chi connectivity index (χ3n) is 5.58. The molecule has 150 valence electrons. The van der Waals surface area contributed by atoms with Gasteiger partial charge in [-0.2, -0.15) is 0 Å². The van der Waals surface area contributed by atoms with E-state index in [1.807, 2.05) is 6.92 Å². The molecule has 0 unspecified atom stereocenters. The molecule has 0 bridgehead atoms. The minimum Gasteiger partial charge on any atom is -0.459 e. The molecule has 5 heteroatoms. The van der Waals surface area contributed by atoms with E-state index in [-0.39, 0.29) is 12.0 Å². The smallest absolute Gasteiger partial charge is 0.334 e. The molecule has 2 rings (SSSR count). The summed E-state index contributed by atoms with van der Waals surface area (Å²) >= 11 is 0. The molecule has 5 nitrogen and oxygen atoms in total. The first kappa shape index (κ1) is 21.4. The van der Waals surface area contributed by atoms with E-state index in [0.717, 1.165) is 18.4 Å². The first-order valence-electron chi connectivity index (χ1n) is 9.70. The summed E-state index contributed by atoms with van der Waals surface area (Å²) in [5.74, 6) is -1.13. The normalized spacial score (nSPS) is 37.1. The van der Waals surface area contributed by atoms with Gasteiger partial charge in [0.2, 0.25) is 0 Å². The second-order valence-corrected chi connectivity index (χ2v) is 8.15. The van der Waals surface area contributed by atoms with Crippen LogP contribution >= 0.6 is 0 Å². The largest absolute Gasteiger partial charge is 0.459 e. The quantitative estimate of drug-likeness (QED) is 0.425. The Kier molecular flexibility index (Phi) is 7.04. The van der Waals surface area contributed by atoms with E-state index in [9.17, 15) is 14.7 Å². The number of allylic oxidation sites excluding steroid dienone is 3. The fraction of sp³-hybridized carbons (Fsp3) is 0.636. The predicted molar refractivity (Wildman–Crippen MR) is 104 cm³/mol. The molecular weight excluding hydrogens is 344 g/mol.